The van der Waals surface area contributed by atoms with Crippen LogP contribution in [0, 0.1) is 0 Å². The molecule has 1 aromatic heterocycles. The molecule has 3 N–H and O–H groups in total. The molecule has 0 atom stereocenters. The summed E-state index contributed by atoms with van der Waals surface area (Å²) < 4.78 is 0. The topological polar surface area (TPSA) is 65.1 Å². The van der Waals surface area contributed by atoms with E-state index in [1.165, 1.54) is 0 Å². The van der Waals surface area contributed by atoms with Crippen molar-refractivity contribution in [3.8, 4) is 0 Å². The zero-order chi connectivity index (χ0) is 9.26. The summed E-state index contributed by atoms with van der Waals surface area (Å²) in [7, 11) is 0. The second-order valence-corrected chi connectivity index (χ2v) is 2.72. The van der Waals surface area contributed by atoms with Gasteiger partial charge in [-0.2, -0.15) is 0 Å². The van der Waals surface area contributed by atoms with Gasteiger partial charge in [-0.25, -0.2) is 5.48 Å². The minimum absolute atomic E-state index is 0.439. The van der Waals surface area contributed by atoms with Crippen LogP contribution in [-0.4, -0.2) is 16.1 Å². The van der Waals surface area contributed by atoms with Crippen molar-refractivity contribution >= 4 is 16.8 Å². The minimum Gasteiger partial charge on any atom is -0.361 e. The molecule has 1 heterocycles. The second kappa shape index (κ2) is 2.91. The maximum atomic E-state index is 11.0. The number of hydroxylamine groups is 1. The van der Waals surface area contributed by atoms with Crippen LogP contribution in [0.2, 0.25) is 0 Å². The highest BCUT2D eigenvalue weighted by molar-refractivity contribution is 5.97. The summed E-state index contributed by atoms with van der Waals surface area (Å²) in [5.74, 6) is -0.497. The predicted octanol–water partition coefficient (Wildman–Crippen LogP) is 1.29. The first-order chi connectivity index (χ1) is 6.31. The molecule has 0 bridgehead atoms. The van der Waals surface area contributed by atoms with Crippen molar-refractivity contribution in [2.45, 2.75) is 0 Å². The van der Waals surface area contributed by atoms with Crippen molar-refractivity contribution in [1.29, 1.82) is 0 Å². The van der Waals surface area contributed by atoms with Gasteiger partial charge < -0.3 is 4.98 Å². The lowest BCUT2D eigenvalue weighted by Gasteiger charge is -1.97. The molecular weight excluding hydrogens is 168 g/mol. The van der Waals surface area contributed by atoms with E-state index >= 15 is 0 Å². The van der Waals surface area contributed by atoms with E-state index in [1.807, 2.05) is 6.07 Å². The van der Waals surface area contributed by atoms with Gasteiger partial charge >= 0.3 is 0 Å². The normalized spacial score (nSPS) is 10.2. The summed E-state index contributed by atoms with van der Waals surface area (Å²) in [6.07, 6.45) is 1.80. The Morgan fingerprint density at radius 2 is 2.23 bits per heavy atom. The van der Waals surface area contributed by atoms with E-state index in [0.29, 0.717) is 5.56 Å². The molecule has 2 rings (SSSR count). The van der Waals surface area contributed by atoms with E-state index in [-0.39, 0.29) is 0 Å². The van der Waals surface area contributed by atoms with Crippen molar-refractivity contribution < 1.29 is 10.0 Å². The molecule has 13 heavy (non-hydrogen) atoms. The number of rotatable bonds is 1. The summed E-state index contributed by atoms with van der Waals surface area (Å²) in [5.41, 5.74) is 3.00. The van der Waals surface area contributed by atoms with Gasteiger partial charge in [0.2, 0.25) is 0 Å². The molecule has 0 aliphatic rings. The van der Waals surface area contributed by atoms with E-state index in [1.54, 1.807) is 29.9 Å². The zero-order valence-corrected chi connectivity index (χ0v) is 6.74. The maximum absolute atomic E-state index is 11.0. The van der Waals surface area contributed by atoms with Gasteiger partial charge in [0, 0.05) is 22.7 Å². The van der Waals surface area contributed by atoms with E-state index in [2.05, 4.69) is 4.98 Å². The third-order valence-electron chi connectivity index (χ3n) is 1.92. The standard InChI is InChI=1S/C9H8N2O2/c12-9(11-13)7-1-2-8-6(5-7)3-4-10-8/h1-5,10,13H,(H,11,12). The molecule has 66 valence electrons. The number of benzene rings is 1. The van der Waals surface area contributed by atoms with Crippen LogP contribution in [0.15, 0.2) is 30.5 Å². The van der Waals surface area contributed by atoms with Crippen molar-refractivity contribution in [2.75, 3.05) is 0 Å². The number of aromatic nitrogens is 1. The van der Waals surface area contributed by atoms with E-state index in [4.69, 9.17) is 5.21 Å². The first-order valence-corrected chi connectivity index (χ1v) is 3.83. The molecule has 1 amide bonds. The van der Waals surface area contributed by atoms with Crippen LogP contribution in [0.5, 0.6) is 0 Å². The molecule has 0 unspecified atom stereocenters. The number of carbonyl (C=O) groups is 1. The average molecular weight is 176 g/mol. The fourth-order valence-electron chi connectivity index (χ4n) is 1.26. The summed E-state index contributed by atoms with van der Waals surface area (Å²) in [6.45, 7) is 0. The Kier molecular flexibility index (Phi) is 1.75. The van der Waals surface area contributed by atoms with E-state index in [0.717, 1.165) is 10.9 Å². The van der Waals surface area contributed by atoms with Crippen LogP contribution in [0.1, 0.15) is 10.4 Å². The number of H-pyrrole nitrogens is 1. The van der Waals surface area contributed by atoms with Crippen molar-refractivity contribution in [2.24, 2.45) is 0 Å². The van der Waals surface area contributed by atoms with Gasteiger partial charge in [0.25, 0.3) is 5.91 Å². The van der Waals surface area contributed by atoms with E-state index in [9.17, 15) is 4.79 Å². The maximum Gasteiger partial charge on any atom is 0.274 e. The Labute approximate surface area is 74.1 Å². The molecule has 1 aromatic carbocycles. The van der Waals surface area contributed by atoms with Crippen molar-refractivity contribution in [3.63, 3.8) is 0 Å². The van der Waals surface area contributed by atoms with Crippen molar-refractivity contribution in [3.05, 3.63) is 36.0 Å². The minimum atomic E-state index is -0.497. The molecule has 0 aliphatic carbocycles. The monoisotopic (exact) mass is 176 g/mol. The molecule has 2 aromatic rings. The van der Waals surface area contributed by atoms with Crippen LogP contribution in [0.25, 0.3) is 10.9 Å². The van der Waals surface area contributed by atoms with Crippen LogP contribution in [-0.2, 0) is 0 Å². The van der Waals surface area contributed by atoms with Gasteiger partial charge in [-0.15, -0.1) is 0 Å². The highest BCUT2D eigenvalue weighted by Crippen LogP contribution is 2.13. The molecule has 0 radical (unpaired) electrons. The molecule has 4 nitrogen and oxygen atoms in total. The predicted molar refractivity (Wildman–Crippen MR) is 47.6 cm³/mol. The lowest BCUT2D eigenvalue weighted by molar-refractivity contribution is 0.0706. The number of fused-ring (bicyclic) bond motifs is 1. The number of carbonyl (C=O) groups excluding carboxylic acids is 1. The molecule has 0 fully saturated rings. The lowest BCUT2D eigenvalue weighted by Crippen LogP contribution is -2.18. The summed E-state index contributed by atoms with van der Waals surface area (Å²) in [6, 6.07) is 7.01. The van der Waals surface area contributed by atoms with Crippen LogP contribution in [0.3, 0.4) is 0 Å². The Hall–Kier alpha value is -1.81. The molecular formula is C9H8N2O2. The van der Waals surface area contributed by atoms with Gasteiger partial charge in [0.15, 0.2) is 0 Å². The van der Waals surface area contributed by atoms with Gasteiger partial charge in [0.05, 0.1) is 0 Å². The Morgan fingerprint density at radius 1 is 1.38 bits per heavy atom. The first-order valence-electron chi connectivity index (χ1n) is 3.83. The quantitative estimate of drug-likeness (QED) is 0.452. The first kappa shape index (κ1) is 7.82. The highest BCUT2D eigenvalue weighted by atomic mass is 16.5. The van der Waals surface area contributed by atoms with Crippen LogP contribution < -0.4 is 5.48 Å². The molecule has 4 heteroatoms. The SMILES string of the molecule is O=C(NO)c1ccc2[nH]ccc2c1. The fourth-order valence-corrected chi connectivity index (χ4v) is 1.26. The third kappa shape index (κ3) is 1.27. The van der Waals surface area contributed by atoms with E-state index < -0.39 is 5.91 Å². The summed E-state index contributed by atoms with van der Waals surface area (Å²) >= 11 is 0. The number of nitrogens with one attached hydrogen (secondary N) is 2. The Morgan fingerprint density at radius 3 is 3.00 bits per heavy atom. The fraction of sp³-hybridized carbons (Fsp3) is 0. The van der Waals surface area contributed by atoms with Gasteiger partial charge in [0.1, 0.15) is 0 Å². The highest BCUT2D eigenvalue weighted by Gasteiger charge is 2.04. The lowest BCUT2D eigenvalue weighted by atomic mass is 10.1. The summed E-state index contributed by atoms with van der Waals surface area (Å²) in [5, 5.41) is 9.35. The third-order valence-corrected chi connectivity index (χ3v) is 1.92. The number of hydrogen-bond donors (Lipinski definition) is 3. The zero-order valence-electron chi connectivity index (χ0n) is 6.74. The average Bonchev–Trinajstić information content (AvgIpc) is 2.63. The number of amides is 1. The van der Waals surface area contributed by atoms with Gasteiger partial charge in [-0.05, 0) is 24.3 Å². The second-order valence-electron chi connectivity index (χ2n) is 2.72. The number of aromatic amines is 1. The Balaban J connectivity index is 2.54. The summed E-state index contributed by atoms with van der Waals surface area (Å²) in [4.78, 5) is 14.0. The van der Waals surface area contributed by atoms with Crippen LogP contribution >= 0.6 is 0 Å². The molecule has 0 aliphatic heterocycles. The molecule has 0 saturated carbocycles. The largest absolute Gasteiger partial charge is 0.361 e. The van der Waals surface area contributed by atoms with Gasteiger partial charge in [-0.3, -0.25) is 10.0 Å². The van der Waals surface area contributed by atoms with Crippen LogP contribution in [0.4, 0.5) is 0 Å². The number of hydrogen-bond acceptors (Lipinski definition) is 2. The van der Waals surface area contributed by atoms with Crippen molar-refractivity contribution in [1.82, 2.24) is 10.5 Å². The smallest absolute Gasteiger partial charge is 0.274 e. The molecule has 0 saturated heterocycles. The molecule has 0 spiro atoms. The van der Waals surface area contributed by atoms with Gasteiger partial charge in [-0.1, -0.05) is 0 Å². The Bertz CT molecular complexity index is 448.